The second-order valence-corrected chi connectivity index (χ2v) is 7.18. The topological polar surface area (TPSA) is 69.6 Å². The first kappa shape index (κ1) is 19.9. The number of benzene rings is 2. The number of carboxylic acids is 1. The molecule has 2 atom stereocenters. The van der Waals surface area contributed by atoms with Crippen molar-refractivity contribution in [3.63, 3.8) is 0 Å². The lowest BCUT2D eigenvalue weighted by atomic mass is 9.88. The fourth-order valence-corrected chi connectivity index (χ4v) is 3.53. The van der Waals surface area contributed by atoms with Crippen molar-refractivity contribution < 1.29 is 23.5 Å². The SMILES string of the molecule is Cc1c(F)cccc1CN1CC(C(=O)O)CC(C(=O)Nc2ccc(F)cc2)C1. The summed E-state index contributed by atoms with van der Waals surface area (Å²) in [7, 11) is 0. The number of aliphatic carboxylic acids is 1. The largest absolute Gasteiger partial charge is 0.481 e. The summed E-state index contributed by atoms with van der Waals surface area (Å²) in [6, 6.07) is 10.2. The molecule has 0 aliphatic carbocycles. The van der Waals surface area contributed by atoms with E-state index < -0.39 is 23.6 Å². The van der Waals surface area contributed by atoms with Gasteiger partial charge in [-0.15, -0.1) is 0 Å². The fourth-order valence-electron chi connectivity index (χ4n) is 3.53. The van der Waals surface area contributed by atoms with Gasteiger partial charge in [0.2, 0.25) is 5.91 Å². The Morgan fingerprint density at radius 1 is 1.11 bits per heavy atom. The first-order valence-electron chi connectivity index (χ1n) is 9.09. The number of anilines is 1. The van der Waals surface area contributed by atoms with Crippen LogP contribution in [0.2, 0.25) is 0 Å². The molecule has 2 aromatic rings. The molecule has 1 fully saturated rings. The number of hydrogen-bond donors (Lipinski definition) is 2. The molecule has 1 heterocycles. The van der Waals surface area contributed by atoms with E-state index in [0.717, 1.165) is 5.56 Å². The maximum atomic E-state index is 13.8. The number of rotatable bonds is 5. The van der Waals surface area contributed by atoms with E-state index in [1.54, 1.807) is 19.1 Å². The average molecular weight is 388 g/mol. The molecular formula is C21H22F2N2O3. The quantitative estimate of drug-likeness (QED) is 0.823. The number of hydrogen-bond acceptors (Lipinski definition) is 3. The Hall–Kier alpha value is -2.80. The monoisotopic (exact) mass is 388 g/mol. The van der Waals surface area contributed by atoms with Gasteiger partial charge in [-0.05, 0) is 54.8 Å². The van der Waals surface area contributed by atoms with Crippen LogP contribution >= 0.6 is 0 Å². The van der Waals surface area contributed by atoms with Gasteiger partial charge in [0.05, 0.1) is 11.8 Å². The van der Waals surface area contributed by atoms with E-state index in [-0.39, 0.29) is 18.1 Å². The van der Waals surface area contributed by atoms with Crippen molar-refractivity contribution in [2.45, 2.75) is 19.9 Å². The summed E-state index contributed by atoms with van der Waals surface area (Å²) in [4.78, 5) is 26.1. The summed E-state index contributed by atoms with van der Waals surface area (Å²) in [6.07, 6.45) is 0.223. The van der Waals surface area contributed by atoms with Crippen LogP contribution in [0.4, 0.5) is 14.5 Å². The Morgan fingerprint density at radius 2 is 1.79 bits per heavy atom. The summed E-state index contributed by atoms with van der Waals surface area (Å²) >= 11 is 0. The highest BCUT2D eigenvalue weighted by atomic mass is 19.1. The summed E-state index contributed by atoms with van der Waals surface area (Å²) < 4.78 is 26.8. The van der Waals surface area contributed by atoms with Gasteiger partial charge in [0.25, 0.3) is 0 Å². The minimum atomic E-state index is -0.958. The molecule has 2 aromatic carbocycles. The predicted molar refractivity (Wildman–Crippen MR) is 101 cm³/mol. The fraction of sp³-hybridized carbons (Fsp3) is 0.333. The van der Waals surface area contributed by atoms with Crippen molar-refractivity contribution in [3.05, 3.63) is 65.2 Å². The van der Waals surface area contributed by atoms with Crippen LogP contribution in [0.5, 0.6) is 0 Å². The van der Waals surface area contributed by atoms with Crippen LogP contribution in [-0.2, 0) is 16.1 Å². The molecule has 0 saturated carbocycles. The summed E-state index contributed by atoms with van der Waals surface area (Å²) in [5, 5.41) is 12.2. The van der Waals surface area contributed by atoms with Gasteiger partial charge < -0.3 is 10.4 Å². The van der Waals surface area contributed by atoms with Crippen LogP contribution in [-0.4, -0.2) is 35.0 Å². The van der Waals surface area contributed by atoms with Gasteiger partial charge >= 0.3 is 5.97 Å². The number of nitrogens with one attached hydrogen (secondary N) is 1. The van der Waals surface area contributed by atoms with E-state index in [9.17, 15) is 23.5 Å². The number of amides is 1. The number of likely N-dealkylation sites (tertiary alicyclic amines) is 1. The Morgan fingerprint density at radius 3 is 2.46 bits per heavy atom. The van der Waals surface area contributed by atoms with E-state index in [4.69, 9.17) is 0 Å². The highest BCUT2D eigenvalue weighted by Gasteiger charge is 2.35. The van der Waals surface area contributed by atoms with Crippen LogP contribution in [0.15, 0.2) is 42.5 Å². The Labute approximate surface area is 162 Å². The molecule has 7 heteroatoms. The lowest BCUT2D eigenvalue weighted by molar-refractivity contribution is -0.145. The van der Waals surface area contributed by atoms with Crippen LogP contribution in [0.3, 0.4) is 0 Å². The molecule has 1 amide bonds. The lowest BCUT2D eigenvalue weighted by Crippen LogP contribution is -2.46. The Kier molecular flexibility index (Phi) is 6.04. The van der Waals surface area contributed by atoms with Crippen molar-refractivity contribution in [1.82, 2.24) is 4.90 Å². The second-order valence-electron chi connectivity index (χ2n) is 7.18. The summed E-state index contributed by atoms with van der Waals surface area (Å²) in [5.41, 5.74) is 1.74. The van der Waals surface area contributed by atoms with E-state index >= 15 is 0 Å². The zero-order valence-electron chi connectivity index (χ0n) is 15.5. The van der Waals surface area contributed by atoms with Crippen molar-refractivity contribution in [2.24, 2.45) is 11.8 Å². The Bertz CT molecular complexity index is 870. The standard InChI is InChI=1S/C21H22F2N2O3/c1-13-14(3-2-4-19(13)23)10-25-11-15(9-16(12-25)21(27)28)20(26)24-18-7-5-17(22)6-8-18/h2-8,15-16H,9-12H2,1H3,(H,24,26)(H,27,28). The molecule has 0 radical (unpaired) electrons. The van der Waals surface area contributed by atoms with Gasteiger partial charge in [-0.25, -0.2) is 8.78 Å². The molecule has 2 N–H and O–H groups in total. The number of carbonyl (C=O) groups is 2. The van der Waals surface area contributed by atoms with Crippen LogP contribution < -0.4 is 5.32 Å². The molecule has 148 valence electrons. The van der Waals surface area contributed by atoms with Crippen molar-refractivity contribution in [2.75, 3.05) is 18.4 Å². The maximum absolute atomic E-state index is 13.8. The second kappa shape index (κ2) is 8.48. The molecule has 0 aromatic heterocycles. The van der Waals surface area contributed by atoms with Crippen LogP contribution in [0.1, 0.15) is 17.5 Å². The first-order valence-corrected chi connectivity index (χ1v) is 9.09. The summed E-state index contributed by atoms with van der Waals surface area (Å²) in [5.74, 6) is -3.20. The van der Waals surface area contributed by atoms with Crippen molar-refractivity contribution in [3.8, 4) is 0 Å². The molecule has 1 aliphatic rings. The zero-order chi connectivity index (χ0) is 20.3. The average Bonchev–Trinajstić information content (AvgIpc) is 2.67. The van der Waals surface area contributed by atoms with E-state index in [2.05, 4.69) is 5.32 Å². The number of halogens is 2. The summed E-state index contributed by atoms with van der Waals surface area (Å²) in [6.45, 7) is 2.72. The highest BCUT2D eigenvalue weighted by molar-refractivity contribution is 5.93. The number of nitrogens with zero attached hydrogens (tertiary/aromatic N) is 1. The third-order valence-electron chi connectivity index (χ3n) is 5.13. The van der Waals surface area contributed by atoms with E-state index in [0.29, 0.717) is 30.9 Å². The van der Waals surface area contributed by atoms with E-state index in [1.165, 1.54) is 30.3 Å². The smallest absolute Gasteiger partial charge is 0.307 e. The zero-order valence-corrected chi connectivity index (χ0v) is 15.5. The number of carboxylic acid groups (broad SMARTS) is 1. The molecular weight excluding hydrogens is 366 g/mol. The lowest BCUT2D eigenvalue weighted by Gasteiger charge is -2.35. The molecule has 3 rings (SSSR count). The van der Waals surface area contributed by atoms with Gasteiger partial charge in [-0.2, -0.15) is 0 Å². The van der Waals surface area contributed by atoms with Gasteiger partial charge in [-0.1, -0.05) is 12.1 Å². The van der Waals surface area contributed by atoms with Crippen molar-refractivity contribution in [1.29, 1.82) is 0 Å². The van der Waals surface area contributed by atoms with Gasteiger partial charge in [-0.3, -0.25) is 14.5 Å². The minimum Gasteiger partial charge on any atom is -0.481 e. The van der Waals surface area contributed by atoms with Gasteiger partial charge in [0.1, 0.15) is 11.6 Å². The Balaban J connectivity index is 1.73. The third kappa shape index (κ3) is 4.72. The maximum Gasteiger partial charge on any atom is 0.307 e. The highest BCUT2D eigenvalue weighted by Crippen LogP contribution is 2.26. The molecule has 0 bridgehead atoms. The van der Waals surface area contributed by atoms with E-state index in [1.807, 2.05) is 4.90 Å². The predicted octanol–water partition coefficient (Wildman–Crippen LogP) is 3.43. The van der Waals surface area contributed by atoms with Crippen LogP contribution in [0, 0.1) is 30.4 Å². The molecule has 5 nitrogen and oxygen atoms in total. The number of carbonyl (C=O) groups excluding carboxylic acids is 1. The third-order valence-corrected chi connectivity index (χ3v) is 5.13. The minimum absolute atomic E-state index is 0.223. The van der Waals surface area contributed by atoms with Crippen LogP contribution in [0.25, 0.3) is 0 Å². The molecule has 1 saturated heterocycles. The van der Waals surface area contributed by atoms with Gasteiger partial charge in [0.15, 0.2) is 0 Å². The van der Waals surface area contributed by atoms with Crippen molar-refractivity contribution >= 4 is 17.6 Å². The first-order chi connectivity index (χ1) is 13.3. The molecule has 2 unspecified atom stereocenters. The normalized spacial score (nSPS) is 20.0. The number of piperidine rings is 1. The molecule has 28 heavy (non-hydrogen) atoms. The molecule has 1 aliphatic heterocycles. The molecule has 0 spiro atoms. The van der Waals surface area contributed by atoms with Gasteiger partial charge in [0, 0.05) is 25.3 Å².